The molecule has 1 aromatic carbocycles. The van der Waals surface area contributed by atoms with Crippen molar-refractivity contribution in [2.24, 2.45) is 22.9 Å². The molecule has 110 valence electrons. The van der Waals surface area contributed by atoms with Gasteiger partial charge in [-0.1, -0.05) is 18.6 Å². The molecular formula is C15H17N3O3. The lowest BCUT2D eigenvalue weighted by Crippen LogP contribution is -2.21. The van der Waals surface area contributed by atoms with Crippen LogP contribution in [0.25, 0.3) is 0 Å². The molecule has 0 radical (unpaired) electrons. The predicted molar refractivity (Wildman–Crippen MR) is 78.0 cm³/mol. The minimum atomic E-state index is -0.561. The molecule has 2 bridgehead atoms. The molecule has 0 heterocycles. The van der Waals surface area contributed by atoms with Crippen LogP contribution in [0.5, 0.6) is 0 Å². The maximum Gasteiger partial charge on any atom is 0.282 e. The SMILES string of the molecule is O=C(N/N=C/C1CC2CCC1C2)c1ccccc1[N+](=O)[O-]. The molecule has 0 spiro atoms. The molecule has 3 unspecified atom stereocenters. The van der Waals surface area contributed by atoms with E-state index in [1.54, 1.807) is 12.3 Å². The van der Waals surface area contributed by atoms with Gasteiger partial charge in [0.1, 0.15) is 5.56 Å². The number of nitrogens with one attached hydrogen (secondary N) is 1. The van der Waals surface area contributed by atoms with Crippen LogP contribution in [0.3, 0.4) is 0 Å². The topological polar surface area (TPSA) is 84.6 Å². The van der Waals surface area contributed by atoms with Crippen molar-refractivity contribution < 1.29 is 9.72 Å². The van der Waals surface area contributed by atoms with E-state index in [-0.39, 0.29) is 11.3 Å². The van der Waals surface area contributed by atoms with Gasteiger partial charge in [-0.2, -0.15) is 5.10 Å². The quantitative estimate of drug-likeness (QED) is 0.525. The Balaban J connectivity index is 1.63. The zero-order valence-corrected chi connectivity index (χ0v) is 11.6. The fourth-order valence-electron chi connectivity index (χ4n) is 3.55. The van der Waals surface area contributed by atoms with Crippen molar-refractivity contribution in [2.45, 2.75) is 25.7 Å². The van der Waals surface area contributed by atoms with E-state index < -0.39 is 10.8 Å². The molecule has 2 aliphatic rings. The third kappa shape index (κ3) is 2.79. The number of rotatable bonds is 4. The summed E-state index contributed by atoms with van der Waals surface area (Å²) >= 11 is 0. The molecule has 1 aromatic rings. The normalized spacial score (nSPS) is 27.1. The number of benzene rings is 1. The van der Waals surface area contributed by atoms with Crippen LogP contribution in [0.15, 0.2) is 29.4 Å². The number of hydrogen-bond acceptors (Lipinski definition) is 4. The Labute approximate surface area is 122 Å². The van der Waals surface area contributed by atoms with Crippen molar-refractivity contribution in [1.29, 1.82) is 0 Å². The summed E-state index contributed by atoms with van der Waals surface area (Å²) in [5.41, 5.74) is 2.24. The number of hydrazone groups is 1. The molecule has 2 aliphatic carbocycles. The molecule has 0 aromatic heterocycles. The Morgan fingerprint density at radius 2 is 2.14 bits per heavy atom. The van der Waals surface area contributed by atoms with Gasteiger partial charge in [0.2, 0.25) is 0 Å². The minimum absolute atomic E-state index is 0.0348. The maximum absolute atomic E-state index is 12.0. The van der Waals surface area contributed by atoms with Gasteiger partial charge in [0.15, 0.2) is 0 Å². The van der Waals surface area contributed by atoms with E-state index in [1.165, 1.54) is 37.5 Å². The number of nitrogens with zero attached hydrogens (tertiary/aromatic N) is 2. The highest BCUT2D eigenvalue weighted by Gasteiger charge is 2.38. The summed E-state index contributed by atoms with van der Waals surface area (Å²) < 4.78 is 0. The van der Waals surface area contributed by atoms with Crippen LogP contribution in [0.4, 0.5) is 5.69 Å². The van der Waals surface area contributed by atoms with Gasteiger partial charge in [0, 0.05) is 12.3 Å². The Morgan fingerprint density at radius 3 is 2.81 bits per heavy atom. The van der Waals surface area contributed by atoms with Crippen LogP contribution in [0.1, 0.15) is 36.0 Å². The van der Waals surface area contributed by atoms with Gasteiger partial charge >= 0.3 is 0 Å². The van der Waals surface area contributed by atoms with E-state index in [4.69, 9.17) is 0 Å². The molecule has 0 aliphatic heterocycles. The number of nitro groups is 1. The van der Waals surface area contributed by atoms with E-state index in [0.717, 1.165) is 12.3 Å². The molecular weight excluding hydrogens is 270 g/mol. The highest BCUT2D eigenvalue weighted by atomic mass is 16.6. The van der Waals surface area contributed by atoms with Gasteiger partial charge in [0.05, 0.1) is 4.92 Å². The van der Waals surface area contributed by atoms with Gasteiger partial charge in [-0.25, -0.2) is 5.43 Å². The zero-order chi connectivity index (χ0) is 14.8. The summed E-state index contributed by atoms with van der Waals surface area (Å²) in [4.78, 5) is 22.3. The first-order valence-electron chi connectivity index (χ1n) is 7.22. The van der Waals surface area contributed by atoms with Gasteiger partial charge < -0.3 is 0 Å². The van der Waals surface area contributed by atoms with E-state index in [1.807, 2.05) is 0 Å². The number of fused-ring (bicyclic) bond motifs is 2. The van der Waals surface area contributed by atoms with Crippen LogP contribution in [-0.4, -0.2) is 17.0 Å². The van der Waals surface area contributed by atoms with Crippen molar-refractivity contribution in [1.82, 2.24) is 5.43 Å². The first kappa shape index (κ1) is 13.7. The second-order valence-corrected chi connectivity index (χ2v) is 5.83. The zero-order valence-electron chi connectivity index (χ0n) is 11.6. The minimum Gasteiger partial charge on any atom is -0.267 e. The fraction of sp³-hybridized carbons (Fsp3) is 0.467. The summed E-state index contributed by atoms with van der Waals surface area (Å²) in [6.07, 6.45) is 6.79. The van der Waals surface area contributed by atoms with Crippen molar-refractivity contribution in [2.75, 3.05) is 0 Å². The summed E-state index contributed by atoms with van der Waals surface area (Å²) in [5, 5.41) is 14.9. The Kier molecular flexibility index (Phi) is 3.68. The fourth-order valence-corrected chi connectivity index (χ4v) is 3.55. The monoisotopic (exact) mass is 287 g/mol. The van der Waals surface area contributed by atoms with Crippen LogP contribution < -0.4 is 5.43 Å². The smallest absolute Gasteiger partial charge is 0.267 e. The molecule has 3 rings (SSSR count). The van der Waals surface area contributed by atoms with Crippen molar-refractivity contribution in [3.05, 3.63) is 39.9 Å². The van der Waals surface area contributed by atoms with E-state index in [0.29, 0.717) is 11.8 Å². The van der Waals surface area contributed by atoms with Crippen molar-refractivity contribution >= 4 is 17.8 Å². The molecule has 1 N–H and O–H groups in total. The maximum atomic E-state index is 12.0. The molecule has 2 saturated carbocycles. The number of carbonyl (C=O) groups excluding carboxylic acids is 1. The third-order valence-electron chi connectivity index (χ3n) is 4.57. The lowest BCUT2D eigenvalue weighted by molar-refractivity contribution is -0.385. The lowest BCUT2D eigenvalue weighted by atomic mass is 9.90. The largest absolute Gasteiger partial charge is 0.282 e. The molecule has 21 heavy (non-hydrogen) atoms. The summed E-state index contributed by atoms with van der Waals surface area (Å²) in [6, 6.07) is 5.88. The Bertz CT molecular complexity index is 600. The average Bonchev–Trinajstić information content (AvgIpc) is 3.09. The second-order valence-electron chi connectivity index (χ2n) is 5.83. The highest BCUT2D eigenvalue weighted by molar-refractivity contribution is 5.98. The van der Waals surface area contributed by atoms with Crippen LogP contribution >= 0.6 is 0 Å². The number of hydrogen-bond donors (Lipinski definition) is 1. The first-order chi connectivity index (χ1) is 10.1. The van der Waals surface area contributed by atoms with E-state index >= 15 is 0 Å². The predicted octanol–water partition coefficient (Wildman–Crippen LogP) is 2.75. The molecule has 6 nitrogen and oxygen atoms in total. The molecule has 1 amide bonds. The van der Waals surface area contributed by atoms with E-state index in [2.05, 4.69) is 10.5 Å². The Hall–Kier alpha value is -2.24. The van der Waals surface area contributed by atoms with Crippen LogP contribution in [-0.2, 0) is 0 Å². The van der Waals surface area contributed by atoms with Gasteiger partial charge in [0.25, 0.3) is 11.6 Å². The van der Waals surface area contributed by atoms with Crippen LogP contribution in [0.2, 0.25) is 0 Å². The summed E-state index contributed by atoms with van der Waals surface area (Å²) in [5.74, 6) is 1.41. The van der Waals surface area contributed by atoms with Gasteiger partial charge in [-0.3, -0.25) is 14.9 Å². The van der Waals surface area contributed by atoms with Crippen LogP contribution in [0, 0.1) is 27.9 Å². The second kappa shape index (κ2) is 5.63. The van der Waals surface area contributed by atoms with Gasteiger partial charge in [-0.05, 0) is 43.1 Å². The number of amides is 1. The highest BCUT2D eigenvalue weighted by Crippen LogP contribution is 2.47. The molecule has 0 saturated heterocycles. The standard InChI is InChI=1S/C15H17N3O3/c19-15(13-3-1-2-4-14(13)18(20)21)17-16-9-12-8-10-5-6-11(12)7-10/h1-4,9-12H,5-8H2,(H,17,19)/b16-9+. The van der Waals surface area contributed by atoms with Crippen molar-refractivity contribution in [3.63, 3.8) is 0 Å². The molecule has 3 atom stereocenters. The number of para-hydroxylation sites is 1. The number of carbonyl (C=O) groups is 1. The summed E-state index contributed by atoms with van der Waals surface area (Å²) in [6.45, 7) is 0. The first-order valence-corrected chi connectivity index (χ1v) is 7.22. The lowest BCUT2D eigenvalue weighted by Gasteiger charge is -2.16. The van der Waals surface area contributed by atoms with E-state index in [9.17, 15) is 14.9 Å². The molecule has 6 heteroatoms. The molecule has 2 fully saturated rings. The van der Waals surface area contributed by atoms with Gasteiger partial charge in [-0.15, -0.1) is 0 Å². The Morgan fingerprint density at radius 1 is 1.33 bits per heavy atom. The summed E-state index contributed by atoms with van der Waals surface area (Å²) in [7, 11) is 0. The third-order valence-corrected chi connectivity index (χ3v) is 4.57. The number of nitro benzene ring substituents is 1. The van der Waals surface area contributed by atoms with Crippen molar-refractivity contribution in [3.8, 4) is 0 Å². The average molecular weight is 287 g/mol.